The lowest BCUT2D eigenvalue weighted by Gasteiger charge is -2.36. The molecule has 0 heterocycles. The summed E-state index contributed by atoms with van der Waals surface area (Å²) in [6, 6.07) is 0. The van der Waals surface area contributed by atoms with Crippen LogP contribution < -0.4 is 0 Å². The van der Waals surface area contributed by atoms with E-state index < -0.39 is 0 Å². The van der Waals surface area contributed by atoms with Crippen LogP contribution in [0.1, 0.15) is 25.7 Å². The Bertz CT molecular complexity index is 182. The molecule has 2 fully saturated rings. The molecule has 0 aromatic heterocycles. The quantitative estimate of drug-likeness (QED) is 0.646. The monoisotopic (exact) mass is 197 g/mol. The van der Waals surface area contributed by atoms with E-state index in [1.54, 1.807) is 0 Å². The van der Waals surface area contributed by atoms with Crippen LogP contribution in [-0.2, 0) is 4.74 Å². The first-order chi connectivity index (χ1) is 6.69. The van der Waals surface area contributed by atoms with E-state index in [0.717, 1.165) is 18.4 Å². The molecule has 2 aliphatic carbocycles. The summed E-state index contributed by atoms with van der Waals surface area (Å²) in [5.41, 5.74) is 0.498. The summed E-state index contributed by atoms with van der Waals surface area (Å²) in [5, 5.41) is 0. The van der Waals surface area contributed by atoms with Gasteiger partial charge in [-0.15, -0.1) is 0 Å². The van der Waals surface area contributed by atoms with E-state index >= 15 is 0 Å². The number of hydrogen-bond donors (Lipinski definition) is 0. The minimum Gasteiger partial charge on any atom is -0.384 e. The van der Waals surface area contributed by atoms with Gasteiger partial charge in [0.2, 0.25) is 0 Å². The van der Waals surface area contributed by atoms with Crippen LogP contribution in [0.2, 0.25) is 0 Å². The number of ether oxygens (including phenoxy) is 1. The number of methoxy groups -OCH3 is 1. The van der Waals surface area contributed by atoms with E-state index in [0.29, 0.717) is 5.41 Å². The Balaban J connectivity index is 2.06. The van der Waals surface area contributed by atoms with Crippen molar-refractivity contribution in [1.82, 2.24) is 4.90 Å². The molecule has 0 aromatic carbocycles. The lowest BCUT2D eigenvalue weighted by Crippen LogP contribution is -2.41. The number of rotatable bonds is 6. The average Bonchev–Trinajstić information content (AvgIpc) is 2.97. The molecule has 0 bridgehead atoms. The average molecular weight is 197 g/mol. The molecule has 0 N–H and O–H groups in total. The molecule has 0 saturated heterocycles. The van der Waals surface area contributed by atoms with Gasteiger partial charge in [-0.1, -0.05) is 0 Å². The Morgan fingerprint density at radius 3 is 1.93 bits per heavy atom. The second kappa shape index (κ2) is 3.82. The van der Waals surface area contributed by atoms with Crippen molar-refractivity contribution in [1.29, 1.82) is 0 Å². The SMILES string of the molecule is COCC(CN(C)C)(C1CC1)C1CC1. The first-order valence-corrected chi connectivity index (χ1v) is 5.83. The van der Waals surface area contributed by atoms with Gasteiger partial charge >= 0.3 is 0 Å². The fraction of sp³-hybridized carbons (Fsp3) is 1.00. The zero-order chi connectivity index (χ0) is 10.2. The van der Waals surface area contributed by atoms with Gasteiger partial charge in [0.1, 0.15) is 0 Å². The molecule has 0 aromatic rings. The second-order valence-electron chi connectivity index (χ2n) is 5.45. The van der Waals surface area contributed by atoms with Crippen molar-refractivity contribution in [3.8, 4) is 0 Å². The molecule has 14 heavy (non-hydrogen) atoms. The Morgan fingerprint density at radius 2 is 1.64 bits per heavy atom. The van der Waals surface area contributed by atoms with Crippen molar-refractivity contribution < 1.29 is 4.74 Å². The van der Waals surface area contributed by atoms with Crippen LogP contribution in [-0.4, -0.2) is 39.3 Å². The Kier molecular flexibility index (Phi) is 2.85. The van der Waals surface area contributed by atoms with Gasteiger partial charge in [-0.05, 0) is 51.6 Å². The third-order valence-electron chi connectivity index (χ3n) is 3.80. The van der Waals surface area contributed by atoms with Gasteiger partial charge < -0.3 is 9.64 Å². The summed E-state index contributed by atoms with van der Waals surface area (Å²) in [7, 11) is 6.24. The predicted molar refractivity (Wildman–Crippen MR) is 58.3 cm³/mol. The highest BCUT2D eigenvalue weighted by Crippen LogP contribution is 2.58. The molecule has 0 spiro atoms. The second-order valence-corrected chi connectivity index (χ2v) is 5.45. The first-order valence-electron chi connectivity index (χ1n) is 5.83. The zero-order valence-corrected chi connectivity index (χ0v) is 9.75. The molecule has 0 aliphatic heterocycles. The maximum atomic E-state index is 5.48. The molecule has 2 nitrogen and oxygen atoms in total. The Morgan fingerprint density at radius 1 is 1.14 bits per heavy atom. The Hall–Kier alpha value is -0.0800. The van der Waals surface area contributed by atoms with E-state index in [-0.39, 0.29) is 0 Å². The van der Waals surface area contributed by atoms with Gasteiger partial charge in [-0.25, -0.2) is 0 Å². The van der Waals surface area contributed by atoms with Crippen molar-refractivity contribution in [3.05, 3.63) is 0 Å². The standard InChI is InChI=1S/C12H23NO/c1-13(2)8-12(9-14-3,10-4-5-10)11-6-7-11/h10-11H,4-9H2,1-3H3. The lowest BCUT2D eigenvalue weighted by molar-refractivity contribution is 0.0225. The zero-order valence-electron chi connectivity index (χ0n) is 9.75. The number of nitrogens with zero attached hydrogens (tertiary/aromatic N) is 1. The van der Waals surface area contributed by atoms with Gasteiger partial charge in [-0.2, -0.15) is 0 Å². The third kappa shape index (κ3) is 1.96. The molecule has 0 unspecified atom stereocenters. The maximum Gasteiger partial charge on any atom is 0.0536 e. The molecule has 0 amide bonds. The lowest BCUT2D eigenvalue weighted by atomic mass is 9.78. The minimum atomic E-state index is 0.498. The van der Waals surface area contributed by atoms with Gasteiger partial charge in [0.15, 0.2) is 0 Å². The normalized spacial score (nSPS) is 23.1. The summed E-state index contributed by atoms with van der Waals surface area (Å²) >= 11 is 0. The summed E-state index contributed by atoms with van der Waals surface area (Å²) in [4.78, 5) is 2.34. The van der Waals surface area contributed by atoms with E-state index in [1.165, 1.54) is 32.2 Å². The minimum absolute atomic E-state index is 0.498. The molecule has 0 radical (unpaired) electrons. The molecule has 0 atom stereocenters. The molecule has 2 heteroatoms. The van der Waals surface area contributed by atoms with Crippen molar-refractivity contribution in [2.45, 2.75) is 25.7 Å². The van der Waals surface area contributed by atoms with Crippen molar-refractivity contribution in [3.63, 3.8) is 0 Å². The van der Waals surface area contributed by atoms with Crippen LogP contribution in [0.5, 0.6) is 0 Å². The summed E-state index contributed by atoms with van der Waals surface area (Å²) in [5.74, 6) is 1.91. The summed E-state index contributed by atoms with van der Waals surface area (Å²) in [6.07, 6.45) is 5.75. The van der Waals surface area contributed by atoms with E-state index in [9.17, 15) is 0 Å². The molecular weight excluding hydrogens is 174 g/mol. The molecule has 2 rings (SSSR count). The number of hydrogen-bond acceptors (Lipinski definition) is 2. The van der Waals surface area contributed by atoms with Crippen molar-refractivity contribution >= 4 is 0 Å². The highest BCUT2D eigenvalue weighted by Gasteiger charge is 2.54. The molecular formula is C12H23NO. The predicted octanol–water partition coefficient (Wildman–Crippen LogP) is 2.00. The van der Waals surface area contributed by atoms with E-state index in [2.05, 4.69) is 19.0 Å². The smallest absolute Gasteiger partial charge is 0.0536 e. The van der Waals surface area contributed by atoms with Crippen LogP contribution >= 0.6 is 0 Å². The third-order valence-corrected chi connectivity index (χ3v) is 3.80. The van der Waals surface area contributed by atoms with Crippen LogP contribution in [0, 0.1) is 17.3 Å². The maximum absolute atomic E-state index is 5.48. The summed E-state index contributed by atoms with van der Waals surface area (Å²) in [6.45, 7) is 2.19. The van der Waals surface area contributed by atoms with Crippen LogP contribution in [0.25, 0.3) is 0 Å². The topological polar surface area (TPSA) is 12.5 Å². The molecule has 2 saturated carbocycles. The van der Waals surface area contributed by atoms with E-state index in [1.807, 2.05) is 7.11 Å². The van der Waals surface area contributed by atoms with E-state index in [4.69, 9.17) is 4.74 Å². The highest BCUT2D eigenvalue weighted by molar-refractivity contribution is 5.04. The van der Waals surface area contributed by atoms with Crippen molar-refractivity contribution in [2.75, 3.05) is 34.4 Å². The van der Waals surface area contributed by atoms with Crippen LogP contribution in [0.4, 0.5) is 0 Å². The fourth-order valence-electron chi connectivity index (χ4n) is 3.05. The van der Waals surface area contributed by atoms with Crippen LogP contribution in [0.15, 0.2) is 0 Å². The molecule has 82 valence electrons. The van der Waals surface area contributed by atoms with Crippen molar-refractivity contribution in [2.24, 2.45) is 17.3 Å². The van der Waals surface area contributed by atoms with Gasteiger partial charge in [0.05, 0.1) is 6.61 Å². The molecule has 2 aliphatic rings. The Labute approximate surface area is 87.6 Å². The van der Waals surface area contributed by atoms with Gasteiger partial charge in [-0.3, -0.25) is 0 Å². The summed E-state index contributed by atoms with van der Waals surface area (Å²) < 4.78 is 5.48. The van der Waals surface area contributed by atoms with Gasteiger partial charge in [0, 0.05) is 19.1 Å². The van der Waals surface area contributed by atoms with Gasteiger partial charge in [0.25, 0.3) is 0 Å². The highest BCUT2D eigenvalue weighted by atomic mass is 16.5. The largest absolute Gasteiger partial charge is 0.384 e. The first kappa shape index (κ1) is 10.4. The van der Waals surface area contributed by atoms with Crippen LogP contribution in [0.3, 0.4) is 0 Å². The fourth-order valence-corrected chi connectivity index (χ4v) is 3.05.